The van der Waals surface area contributed by atoms with Crippen molar-refractivity contribution in [3.63, 3.8) is 0 Å². The zero-order chi connectivity index (χ0) is 20.3. The van der Waals surface area contributed by atoms with Crippen LogP contribution in [0.3, 0.4) is 0 Å². The number of imidazole rings is 1. The minimum Gasteiger partial charge on any atom is -0.319 e. The molecule has 3 aromatic carbocycles. The highest BCUT2D eigenvalue weighted by atomic mass is 79.9. The van der Waals surface area contributed by atoms with Crippen LogP contribution in [0.5, 0.6) is 0 Å². The van der Waals surface area contributed by atoms with Crippen LogP contribution in [-0.2, 0) is 5.54 Å². The first kappa shape index (κ1) is 20.6. The van der Waals surface area contributed by atoms with E-state index in [0.29, 0.717) is 0 Å². The fraction of sp³-hybridized carbons (Fsp3) is 0.125. The van der Waals surface area contributed by atoms with Gasteiger partial charge in [0.15, 0.2) is 0 Å². The SMILES string of the molecule is BrC(Br)C(Br)c1cn(C(c2ccccc2)(c2ccccc2)c2ccccc2)cn1. The normalized spacial score (nSPS) is 12.8. The number of aromatic nitrogens is 2. The molecule has 2 nitrogen and oxygen atoms in total. The molecule has 146 valence electrons. The highest BCUT2D eigenvalue weighted by Crippen LogP contribution is 2.42. The summed E-state index contributed by atoms with van der Waals surface area (Å²) in [6.45, 7) is 0. The number of alkyl halides is 3. The van der Waals surface area contributed by atoms with Crippen LogP contribution in [0.15, 0.2) is 104 Å². The summed E-state index contributed by atoms with van der Waals surface area (Å²) in [5.74, 6) is 0. The van der Waals surface area contributed by atoms with E-state index < -0.39 is 5.54 Å². The van der Waals surface area contributed by atoms with Gasteiger partial charge in [0.2, 0.25) is 0 Å². The summed E-state index contributed by atoms with van der Waals surface area (Å²) >= 11 is 10.9. The first-order valence-corrected chi connectivity index (χ1v) is 12.0. The average Bonchev–Trinajstić information content (AvgIpc) is 3.26. The fourth-order valence-corrected chi connectivity index (χ4v) is 4.56. The summed E-state index contributed by atoms with van der Waals surface area (Å²) in [6.07, 6.45) is 4.06. The van der Waals surface area contributed by atoms with Crippen LogP contribution < -0.4 is 0 Å². The van der Waals surface area contributed by atoms with Crippen LogP contribution >= 0.6 is 47.8 Å². The van der Waals surface area contributed by atoms with Crippen molar-refractivity contribution in [3.8, 4) is 0 Å². The molecule has 4 aromatic rings. The van der Waals surface area contributed by atoms with E-state index in [9.17, 15) is 0 Å². The third kappa shape index (κ3) is 3.88. The smallest absolute Gasteiger partial charge is 0.121 e. The lowest BCUT2D eigenvalue weighted by atomic mass is 9.77. The van der Waals surface area contributed by atoms with Crippen LogP contribution in [0.2, 0.25) is 0 Å². The average molecular weight is 575 g/mol. The van der Waals surface area contributed by atoms with Gasteiger partial charge in [0, 0.05) is 6.20 Å². The Morgan fingerprint density at radius 3 is 1.45 bits per heavy atom. The van der Waals surface area contributed by atoms with Crippen molar-refractivity contribution in [2.45, 2.75) is 14.1 Å². The van der Waals surface area contributed by atoms with E-state index in [0.717, 1.165) is 5.69 Å². The Kier molecular flexibility index (Phi) is 6.38. The van der Waals surface area contributed by atoms with Crippen LogP contribution in [0.1, 0.15) is 27.2 Å². The van der Waals surface area contributed by atoms with Gasteiger partial charge in [-0.3, -0.25) is 0 Å². The maximum absolute atomic E-state index is 4.74. The Balaban J connectivity index is 2.04. The lowest BCUT2D eigenvalue weighted by Gasteiger charge is -2.37. The number of benzene rings is 3. The molecule has 1 heterocycles. The Morgan fingerprint density at radius 2 is 1.07 bits per heavy atom. The van der Waals surface area contributed by atoms with E-state index in [4.69, 9.17) is 4.98 Å². The van der Waals surface area contributed by atoms with Gasteiger partial charge in [-0.15, -0.1) is 0 Å². The minimum atomic E-state index is -0.532. The van der Waals surface area contributed by atoms with Crippen molar-refractivity contribution >= 4 is 47.8 Å². The van der Waals surface area contributed by atoms with Crippen LogP contribution in [0.25, 0.3) is 0 Å². The quantitative estimate of drug-likeness (QED) is 0.175. The van der Waals surface area contributed by atoms with Crippen LogP contribution in [0.4, 0.5) is 0 Å². The molecular formula is C24H19Br3N2. The molecule has 0 saturated carbocycles. The second-order valence-electron chi connectivity index (χ2n) is 6.75. The van der Waals surface area contributed by atoms with E-state index in [2.05, 4.69) is 150 Å². The highest BCUT2D eigenvalue weighted by molar-refractivity contribution is 9.25. The Morgan fingerprint density at radius 1 is 0.655 bits per heavy atom. The van der Waals surface area contributed by atoms with E-state index in [1.807, 2.05) is 6.33 Å². The van der Waals surface area contributed by atoms with Crippen molar-refractivity contribution < 1.29 is 0 Å². The molecule has 1 aromatic heterocycles. The Labute approximate surface area is 196 Å². The number of nitrogens with zero attached hydrogens (tertiary/aromatic N) is 2. The lowest BCUT2D eigenvalue weighted by Crippen LogP contribution is -2.36. The van der Waals surface area contributed by atoms with Gasteiger partial charge < -0.3 is 4.57 Å². The van der Waals surface area contributed by atoms with Crippen molar-refractivity contribution in [2.75, 3.05) is 0 Å². The third-order valence-corrected chi connectivity index (χ3v) is 8.54. The molecule has 5 heteroatoms. The molecule has 0 saturated heterocycles. The van der Waals surface area contributed by atoms with Gasteiger partial charge in [-0.1, -0.05) is 139 Å². The van der Waals surface area contributed by atoms with Crippen LogP contribution in [-0.4, -0.2) is 13.3 Å². The first-order chi connectivity index (χ1) is 14.1. The van der Waals surface area contributed by atoms with E-state index >= 15 is 0 Å². The van der Waals surface area contributed by atoms with Gasteiger partial charge in [0.25, 0.3) is 0 Å². The van der Waals surface area contributed by atoms with Crippen molar-refractivity contribution in [2.24, 2.45) is 0 Å². The molecule has 0 aliphatic heterocycles. The van der Waals surface area contributed by atoms with Gasteiger partial charge in [0.1, 0.15) is 5.54 Å². The van der Waals surface area contributed by atoms with E-state index in [1.165, 1.54) is 16.7 Å². The summed E-state index contributed by atoms with van der Waals surface area (Å²) < 4.78 is 2.30. The first-order valence-electron chi connectivity index (χ1n) is 9.27. The predicted molar refractivity (Wildman–Crippen MR) is 130 cm³/mol. The number of hydrogen-bond donors (Lipinski definition) is 0. The van der Waals surface area contributed by atoms with Crippen LogP contribution in [0, 0.1) is 0 Å². The largest absolute Gasteiger partial charge is 0.319 e. The molecule has 0 amide bonds. The number of rotatable bonds is 6. The van der Waals surface area contributed by atoms with Gasteiger partial charge in [-0.05, 0) is 16.7 Å². The zero-order valence-electron chi connectivity index (χ0n) is 15.5. The summed E-state index contributed by atoms with van der Waals surface area (Å²) in [5, 5.41) is 0. The molecule has 0 aliphatic rings. The molecule has 4 rings (SSSR count). The molecular weight excluding hydrogens is 556 g/mol. The summed E-state index contributed by atoms with van der Waals surface area (Å²) in [4.78, 5) is 4.78. The molecule has 0 N–H and O–H groups in total. The molecule has 0 aliphatic carbocycles. The second kappa shape index (κ2) is 8.99. The van der Waals surface area contributed by atoms with Gasteiger partial charge in [-0.25, -0.2) is 4.98 Å². The van der Waals surface area contributed by atoms with E-state index in [-0.39, 0.29) is 8.56 Å². The van der Waals surface area contributed by atoms with Crippen molar-refractivity contribution in [3.05, 3.63) is 126 Å². The molecule has 29 heavy (non-hydrogen) atoms. The van der Waals surface area contributed by atoms with Gasteiger partial charge in [-0.2, -0.15) is 0 Å². The van der Waals surface area contributed by atoms with Crippen molar-refractivity contribution in [1.29, 1.82) is 0 Å². The second-order valence-corrected chi connectivity index (χ2v) is 10.9. The maximum atomic E-state index is 4.74. The molecule has 1 atom stereocenters. The van der Waals surface area contributed by atoms with Gasteiger partial charge in [0.05, 0.1) is 20.6 Å². The van der Waals surface area contributed by atoms with Gasteiger partial charge >= 0.3 is 0 Å². The molecule has 0 radical (unpaired) electrons. The Bertz CT molecular complexity index is 951. The van der Waals surface area contributed by atoms with Crippen molar-refractivity contribution in [1.82, 2.24) is 9.55 Å². The predicted octanol–water partition coefficient (Wildman–Crippen LogP) is 7.28. The highest BCUT2D eigenvalue weighted by Gasteiger charge is 2.38. The molecule has 1 unspecified atom stereocenters. The minimum absolute atomic E-state index is 0.0452. The fourth-order valence-electron chi connectivity index (χ4n) is 3.78. The summed E-state index contributed by atoms with van der Waals surface area (Å²) in [7, 11) is 0. The molecule has 0 spiro atoms. The molecule has 0 fully saturated rings. The van der Waals surface area contributed by atoms with E-state index in [1.54, 1.807) is 0 Å². The summed E-state index contributed by atoms with van der Waals surface area (Å²) in [6, 6.07) is 31.8. The third-order valence-electron chi connectivity index (χ3n) is 5.07. The Hall–Kier alpha value is -1.69. The number of halogens is 3. The topological polar surface area (TPSA) is 17.8 Å². The zero-order valence-corrected chi connectivity index (χ0v) is 20.3. The standard InChI is InChI=1S/C24H19Br3N2/c25-22(23(26)27)21-16-29(17-28-21)24(18-10-4-1-5-11-18,19-12-6-2-7-13-19)20-14-8-3-9-15-20/h1-17,22-23H. The molecule has 0 bridgehead atoms. The monoisotopic (exact) mass is 572 g/mol. The number of hydrogen-bond acceptors (Lipinski definition) is 1. The maximum Gasteiger partial charge on any atom is 0.121 e. The lowest BCUT2D eigenvalue weighted by molar-refractivity contribution is 0.514. The summed E-state index contributed by atoms with van der Waals surface area (Å²) in [5.41, 5.74) is 3.97.